The summed E-state index contributed by atoms with van der Waals surface area (Å²) in [7, 11) is 0. The second-order valence-corrected chi connectivity index (χ2v) is 3.95. The van der Waals surface area contributed by atoms with Crippen molar-refractivity contribution in [2.75, 3.05) is 6.54 Å². The molecule has 0 aliphatic carbocycles. The van der Waals surface area contributed by atoms with Crippen LogP contribution in [0.25, 0.3) is 0 Å². The van der Waals surface area contributed by atoms with Crippen LogP contribution in [0.4, 0.5) is 0 Å². The van der Waals surface area contributed by atoms with E-state index in [9.17, 15) is 24.6 Å². The van der Waals surface area contributed by atoms with Crippen LogP contribution in [0.15, 0.2) is 4.99 Å². The average Bonchev–Trinajstić information content (AvgIpc) is 2.32. The zero-order valence-corrected chi connectivity index (χ0v) is 16.6. The molecule has 1 unspecified atom stereocenters. The molecule has 0 aromatic carbocycles. The van der Waals surface area contributed by atoms with Gasteiger partial charge in [0.15, 0.2) is 5.96 Å². The number of guanidine groups is 1. The SMILES string of the molecule is NC(=NCCC[C@H](N)C(=O)[O-])NC(CC(=O)[O-])C(=O)O.[Na+].[Na+]. The van der Waals surface area contributed by atoms with E-state index in [1.165, 1.54) is 0 Å². The minimum atomic E-state index is -1.54. The number of carboxylic acids is 3. The molecule has 6 N–H and O–H groups in total. The number of rotatable bonds is 9. The van der Waals surface area contributed by atoms with E-state index in [4.69, 9.17) is 16.6 Å². The van der Waals surface area contributed by atoms with Crippen LogP contribution in [0.3, 0.4) is 0 Å². The second-order valence-electron chi connectivity index (χ2n) is 3.95. The zero-order chi connectivity index (χ0) is 15.7. The Balaban J connectivity index is -0.00000180. The number of carbonyl (C=O) groups excluding carboxylic acids is 2. The third-order valence-corrected chi connectivity index (χ3v) is 2.25. The van der Waals surface area contributed by atoms with Crippen LogP contribution >= 0.6 is 0 Å². The van der Waals surface area contributed by atoms with Gasteiger partial charge in [-0.15, -0.1) is 0 Å². The van der Waals surface area contributed by atoms with Crippen LogP contribution in [-0.4, -0.2) is 47.6 Å². The maximum Gasteiger partial charge on any atom is 1.00 e. The Labute approximate surface area is 171 Å². The van der Waals surface area contributed by atoms with Gasteiger partial charge in [0.05, 0.1) is 5.97 Å². The molecule has 0 rings (SSSR count). The number of aliphatic carboxylic acids is 3. The van der Waals surface area contributed by atoms with E-state index >= 15 is 0 Å². The summed E-state index contributed by atoms with van der Waals surface area (Å²) in [4.78, 5) is 35.1. The molecule has 114 valence electrons. The molecule has 2 atom stereocenters. The zero-order valence-electron chi connectivity index (χ0n) is 12.6. The first-order valence-corrected chi connectivity index (χ1v) is 5.69. The molecule has 0 aliphatic heterocycles. The molecule has 0 amide bonds. The number of nitrogens with zero attached hydrogens (tertiary/aromatic N) is 1. The smallest absolute Gasteiger partial charge is 0.550 e. The van der Waals surface area contributed by atoms with E-state index in [0.29, 0.717) is 6.42 Å². The Morgan fingerprint density at radius 1 is 1.23 bits per heavy atom. The molecule has 0 aliphatic rings. The topological polar surface area (TPSA) is 194 Å². The van der Waals surface area contributed by atoms with Crippen LogP contribution in [0, 0.1) is 0 Å². The Morgan fingerprint density at radius 2 is 1.77 bits per heavy atom. The van der Waals surface area contributed by atoms with Crippen molar-refractivity contribution < 1.29 is 88.8 Å². The van der Waals surface area contributed by atoms with Crippen molar-refractivity contribution in [1.29, 1.82) is 0 Å². The number of hydrogen-bond donors (Lipinski definition) is 4. The summed E-state index contributed by atoms with van der Waals surface area (Å²) in [5.74, 6) is -4.59. The largest absolute Gasteiger partial charge is 1.00 e. The first-order valence-electron chi connectivity index (χ1n) is 5.69. The van der Waals surface area contributed by atoms with Gasteiger partial charge in [-0.2, -0.15) is 0 Å². The second kappa shape index (κ2) is 14.2. The van der Waals surface area contributed by atoms with Crippen LogP contribution in [0.2, 0.25) is 0 Å². The third kappa shape index (κ3) is 13.3. The number of carboxylic acid groups (broad SMARTS) is 3. The summed E-state index contributed by atoms with van der Waals surface area (Å²) in [6, 6.07) is -2.56. The Kier molecular flexibility index (Phi) is 17.2. The standard InChI is InChI=1S/C10H18N4O6.2Na/c11-5(8(17)18)2-1-3-13-10(12)14-6(9(19)20)4-7(15)16;;/h5-6H,1-4,11H2,(H,15,16)(H,17,18)(H,19,20)(H3,12,13,14);;/q;2*+1/p-2/t5-,6?;;/m0../s1. The van der Waals surface area contributed by atoms with Crippen molar-refractivity contribution in [2.24, 2.45) is 16.5 Å². The fraction of sp³-hybridized carbons (Fsp3) is 0.600. The van der Waals surface area contributed by atoms with Gasteiger partial charge in [-0.05, 0) is 12.8 Å². The van der Waals surface area contributed by atoms with Gasteiger partial charge in [0, 0.05) is 25.0 Å². The Hall–Kier alpha value is -0.360. The normalized spacial score (nSPS) is 13.0. The molecule has 0 heterocycles. The van der Waals surface area contributed by atoms with E-state index in [1.54, 1.807) is 0 Å². The monoisotopic (exact) mass is 334 g/mol. The first kappa shape index (κ1) is 26.5. The predicted molar refractivity (Wildman–Crippen MR) is 62.9 cm³/mol. The summed E-state index contributed by atoms with van der Waals surface area (Å²) < 4.78 is 0. The van der Waals surface area contributed by atoms with Gasteiger partial charge in [-0.1, -0.05) is 0 Å². The van der Waals surface area contributed by atoms with Crippen molar-refractivity contribution >= 4 is 23.9 Å². The van der Waals surface area contributed by atoms with Gasteiger partial charge in [0.2, 0.25) is 0 Å². The van der Waals surface area contributed by atoms with Crippen LogP contribution in [-0.2, 0) is 14.4 Å². The quantitative estimate of drug-likeness (QED) is 0.137. The molecule has 0 saturated heterocycles. The van der Waals surface area contributed by atoms with Gasteiger partial charge in [-0.25, -0.2) is 4.79 Å². The van der Waals surface area contributed by atoms with Gasteiger partial charge >= 0.3 is 65.1 Å². The minimum absolute atomic E-state index is 0. The molecule has 22 heavy (non-hydrogen) atoms. The maximum atomic E-state index is 10.7. The van der Waals surface area contributed by atoms with E-state index < -0.39 is 36.4 Å². The molecule has 0 aromatic rings. The number of hydrogen-bond acceptors (Lipinski definition) is 7. The van der Waals surface area contributed by atoms with Crippen molar-refractivity contribution in [3.8, 4) is 0 Å². The van der Waals surface area contributed by atoms with Crippen molar-refractivity contribution in [3.63, 3.8) is 0 Å². The fourth-order valence-corrected chi connectivity index (χ4v) is 1.22. The first-order chi connectivity index (χ1) is 9.23. The summed E-state index contributed by atoms with van der Waals surface area (Å²) >= 11 is 0. The van der Waals surface area contributed by atoms with Crippen LogP contribution < -0.4 is 86.1 Å². The van der Waals surface area contributed by atoms with Crippen molar-refractivity contribution in [2.45, 2.75) is 31.3 Å². The van der Waals surface area contributed by atoms with Gasteiger partial charge in [0.25, 0.3) is 0 Å². The van der Waals surface area contributed by atoms with E-state index in [1.807, 2.05) is 0 Å². The maximum absolute atomic E-state index is 10.7. The van der Waals surface area contributed by atoms with Crippen LogP contribution in [0.5, 0.6) is 0 Å². The molecule has 0 saturated carbocycles. The van der Waals surface area contributed by atoms with E-state index in [0.717, 1.165) is 0 Å². The summed E-state index contributed by atoms with van der Waals surface area (Å²) in [5, 5.41) is 31.6. The predicted octanol–water partition coefficient (Wildman–Crippen LogP) is -10.7. The Bertz CT molecular complexity index is 407. The summed E-state index contributed by atoms with van der Waals surface area (Å²) in [6.45, 7) is 0.109. The minimum Gasteiger partial charge on any atom is -0.550 e. The molecule has 0 aromatic heterocycles. The molecule has 0 fully saturated rings. The fourth-order valence-electron chi connectivity index (χ4n) is 1.22. The average molecular weight is 334 g/mol. The van der Waals surface area contributed by atoms with Crippen molar-refractivity contribution in [3.05, 3.63) is 0 Å². The molecular weight excluding hydrogens is 318 g/mol. The van der Waals surface area contributed by atoms with Gasteiger partial charge in [-0.3, -0.25) is 4.99 Å². The third-order valence-electron chi connectivity index (χ3n) is 2.25. The Morgan fingerprint density at radius 3 is 2.18 bits per heavy atom. The summed E-state index contributed by atoms with van der Waals surface area (Å²) in [5.41, 5.74) is 10.6. The van der Waals surface area contributed by atoms with Gasteiger partial charge in [0.1, 0.15) is 6.04 Å². The van der Waals surface area contributed by atoms with Crippen molar-refractivity contribution in [1.82, 2.24) is 5.32 Å². The molecular formula is C10H16N4Na2O6. The van der Waals surface area contributed by atoms with E-state index in [2.05, 4.69) is 10.3 Å². The number of nitrogens with two attached hydrogens (primary N) is 2. The van der Waals surface area contributed by atoms with Gasteiger partial charge < -0.3 is 41.7 Å². The summed E-state index contributed by atoms with van der Waals surface area (Å²) in [6.07, 6.45) is -0.336. The molecule has 0 radical (unpaired) electrons. The number of nitrogens with one attached hydrogen (secondary N) is 1. The molecule has 0 spiro atoms. The molecule has 10 nitrogen and oxygen atoms in total. The van der Waals surface area contributed by atoms with E-state index in [-0.39, 0.29) is 78.0 Å². The molecule has 0 bridgehead atoms. The number of aliphatic imine (C=N–C) groups is 1. The number of carbonyl (C=O) groups is 3. The molecule has 12 heteroatoms. The van der Waals surface area contributed by atoms with Crippen LogP contribution in [0.1, 0.15) is 19.3 Å².